The minimum Gasteiger partial charge on any atom is -0.493 e. The zero-order valence-electron chi connectivity index (χ0n) is 21.2. The van der Waals surface area contributed by atoms with Gasteiger partial charge in [-0.25, -0.2) is 4.79 Å². The second kappa shape index (κ2) is 12.5. The molecule has 194 valence electrons. The Morgan fingerprint density at radius 3 is 2.13 bits per heavy atom. The fourth-order valence-corrected chi connectivity index (χ4v) is 4.03. The van der Waals surface area contributed by atoms with Crippen LogP contribution in [0, 0.1) is 0 Å². The van der Waals surface area contributed by atoms with Crippen LogP contribution in [-0.4, -0.2) is 37.1 Å². The smallest absolute Gasteiger partial charge is 0.326 e. The first-order valence-corrected chi connectivity index (χ1v) is 12.1. The van der Waals surface area contributed by atoms with Crippen LogP contribution >= 0.6 is 0 Å². The molecule has 7 nitrogen and oxygen atoms in total. The first kappa shape index (κ1) is 26.3. The molecular formula is C31H29NO6. The van der Waals surface area contributed by atoms with Crippen LogP contribution in [0.2, 0.25) is 0 Å². The topological polar surface area (TPSA) is 94.1 Å². The molecule has 0 heterocycles. The molecule has 7 heteroatoms. The number of carbonyl (C=O) groups is 2. The van der Waals surface area contributed by atoms with E-state index in [0.717, 1.165) is 11.1 Å². The Labute approximate surface area is 221 Å². The van der Waals surface area contributed by atoms with Crippen LogP contribution in [0.15, 0.2) is 97.1 Å². The van der Waals surface area contributed by atoms with Gasteiger partial charge in [-0.2, -0.15) is 0 Å². The van der Waals surface area contributed by atoms with Crippen LogP contribution in [0.3, 0.4) is 0 Å². The summed E-state index contributed by atoms with van der Waals surface area (Å²) in [5.41, 5.74) is 3.17. The highest BCUT2D eigenvalue weighted by Crippen LogP contribution is 2.28. The summed E-state index contributed by atoms with van der Waals surface area (Å²) in [4.78, 5) is 25.1. The first-order chi connectivity index (χ1) is 18.5. The van der Waals surface area contributed by atoms with Crippen molar-refractivity contribution in [2.45, 2.75) is 19.1 Å². The number of hydrogen-bond acceptors (Lipinski definition) is 6. The molecule has 4 aromatic carbocycles. The first-order valence-electron chi connectivity index (χ1n) is 12.1. The van der Waals surface area contributed by atoms with Crippen LogP contribution in [0.25, 0.3) is 0 Å². The van der Waals surface area contributed by atoms with Gasteiger partial charge in [0.2, 0.25) is 0 Å². The van der Waals surface area contributed by atoms with Gasteiger partial charge in [0.15, 0.2) is 17.3 Å². The fraction of sp³-hybridized carbons (Fsp3) is 0.161. The molecule has 38 heavy (non-hydrogen) atoms. The predicted molar refractivity (Wildman–Crippen MR) is 145 cm³/mol. The molecule has 0 spiro atoms. The predicted octanol–water partition coefficient (Wildman–Crippen LogP) is 5.62. The van der Waals surface area contributed by atoms with Crippen molar-refractivity contribution in [2.75, 3.05) is 19.5 Å². The maximum Gasteiger partial charge on any atom is 0.326 e. The lowest BCUT2D eigenvalue weighted by atomic mass is 10.00. The number of benzene rings is 4. The fourth-order valence-electron chi connectivity index (χ4n) is 4.03. The largest absolute Gasteiger partial charge is 0.493 e. The van der Waals surface area contributed by atoms with Crippen molar-refractivity contribution in [1.82, 2.24) is 0 Å². The number of hydrogen-bond donors (Lipinski definition) is 2. The molecule has 0 aliphatic carbocycles. The summed E-state index contributed by atoms with van der Waals surface area (Å²) in [6.45, 7) is 0.339. The number of anilines is 1. The average molecular weight is 512 g/mol. The van der Waals surface area contributed by atoms with E-state index in [0.29, 0.717) is 40.7 Å². The van der Waals surface area contributed by atoms with Gasteiger partial charge >= 0.3 is 5.97 Å². The molecule has 1 atom stereocenters. The summed E-state index contributed by atoms with van der Waals surface area (Å²) in [6, 6.07) is 27.8. The number of carboxylic acid groups (broad SMARTS) is 1. The number of para-hydroxylation sites is 1. The van der Waals surface area contributed by atoms with Gasteiger partial charge in [0.25, 0.3) is 0 Å². The maximum absolute atomic E-state index is 13.0. The lowest BCUT2D eigenvalue weighted by Gasteiger charge is -2.18. The van der Waals surface area contributed by atoms with Crippen LogP contribution in [-0.2, 0) is 17.8 Å². The molecule has 0 bridgehead atoms. The van der Waals surface area contributed by atoms with Crippen molar-refractivity contribution in [3.05, 3.63) is 119 Å². The van der Waals surface area contributed by atoms with Gasteiger partial charge in [-0.05, 0) is 47.5 Å². The number of aliphatic carboxylic acids is 1. The molecule has 0 saturated carbocycles. The van der Waals surface area contributed by atoms with Crippen LogP contribution < -0.4 is 19.5 Å². The minimum atomic E-state index is -1.01. The number of methoxy groups -OCH3 is 2. The van der Waals surface area contributed by atoms with E-state index < -0.39 is 12.0 Å². The van der Waals surface area contributed by atoms with Gasteiger partial charge in [-0.1, -0.05) is 60.7 Å². The van der Waals surface area contributed by atoms with Crippen molar-refractivity contribution in [3.63, 3.8) is 0 Å². The molecule has 0 amide bonds. The summed E-state index contributed by atoms with van der Waals surface area (Å²) in [6.07, 6.45) is 0.221. The Bertz CT molecular complexity index is 1390. The van der Waals surface area contributed by atoms with Gasteiger partial charge in [0.1, 0.15) is 18.4 Å². The Morgan fingerprint density at radius 1 is 0.789 bits per heavy atom. The molecule has 4 rings (SSSR count). The third-order valence-corrected chi connectivity index (χ3v) is 6.05. The monoisotopic (exact) mass is 511 g/mol. The molecule has 0 aromatic heterocycles. The zero-order valence-corrected chi connectivity index (χ0v) is 21.2. The van der Waals surface area contributed by atoms with E-state index in [2.05, 4.69) is 5.32 Å². The number of nitrogens with one attached hydrogen (secondary N) is 1. The second-order valence-corrected chi connectivity index (χ2v) is 8.60. The van der Waals surface area contributed by atoms with Gasteiger partial charge in [0.05, 0.1) is 14.2 Å². The van der Waals surface area contributed by atoms with Crippen LogP contribution in [0.4, 0.5) is 5.69 Å². The normalized spacial score (nSPS) is 11.3. The van der Waals surface area contributed by atoms with E-state index in [1.165, 1.54) is 0 Å². The summed E-state index contributed by atoms with van der Waals surface area (Å²) >= 11 is 0. The number of carboxylic acids is 1. The Hall–Kier alpha value is -4.78. The van der Waals surface area contributed by atoms with Gasteiger partial charge in [-0.3, -0.25) is 4.79 Å². The Morgan fingerprint density at radius 2 is 1.45 bits per heavy atom. The molecule has 0 saturated heterocycles. The van der Waals surface area contributed by atoms with E-state index in [1.807, 2.05) is 48.5 Å². The van der Waals surface area contributed by atoms with E-state index >= 15 is 0 Å². The van der Waals surface area contributed by atoms with Crippen molar-refractivity contribution < 1.29 is 28.9 Å². The highest BCUT2D eigenvalue weighted by molar-refractivity contribution is 6.12. The average Bonchev–Trinajstić information content (AvgIpc) is 2.96. The van der Waals surface area contributed by atoms with E-state index in [9.17, 15) is 14.7 Å². The van der Waals surface area contributed by atoms with E-state index in [4.69, 9.17) is 14.2 Å². The van der Waals surface area contributed by atoms with Gasteiger partial charge in [0, 0.05) is 23.2 Å². The number of rotatable bonds is 12. The highest BCUT2D eigenvalue weighted by atomic mass is 16.5. The SMILES string of the molecule is COc1ccc(COc2ccc(C[C@H](Nc3ccccc3C(=O)c3ccccc3)C(=O)O)cc2)cc1OC. The third-order valence-electron chi connectivity index (χ3n) is 6.05. The van der Waals surface area contributed by atoms with Crippen molar-refractivity contribution in [3.8, 4) is 17.2 Å². The molecule has 0 fully saturated rings. The minimum absolute atomic E-state index is 0.172. The summed E-state index contributed by atoms with van der Waals surface area (Å²) in [5.74, 6) is 0.745. The van der Waals surface area contributed by atoms with Crippen molar-refractivity contribution in [2.24, 2.45) is 0 Å². The third kappa shape index (κ3) is 6.50. The summed E-state index contributed by atoms with van der Waals surface area (Å²) < 4.78 is 16.5. The highest BCUT2D eigenvalue weighted by Gasteiger charge is 2.21. The summed E-state index contributed by atoms with van der Waals surface area (Å²) in [5, 5.41) is 13.0. The second-order valence-electron chi connectivity index (χ2n) is 8.60. The zero-order chi connectivity index (χ0) is 26.9. The van der Waals surface area contributed by atoms with Gasteiger partial charge in [-0.15, -0.1) is 0 Å². The quantitative estimate of drug-likeness (QED) is 0.238. The molecule has 2 N–H and O–H groups in total. The van der Waals surface area contributed by atoms with Gasteiger partial charge < -0.3 is 24.6 Å². The van der Waals surface area contributed by atoms with E-state index in [-0.39, 0.29) is 12.2 Å². The van der Waals surface area contributed by atoms with Crippen LogP contribution in [0.5, 0.6) is 17.2 Å². The Balaban J connectivity index is 1.42. The molecule has 0 unspecified atom stereocenters. The molecule has 0 aliphatic rings. The number of carbonyl (C=O) groups excluding carboxylic acids is 1. The van der Waals surface area contributed by atoms with Crippen molar-refractivity contribution >= 4 is 17.4 Å². The molecule has 0 radical (unpaired) electrons. The lowest BCUT2D eigenvalue weighted by molar-refractivity contribution is -0.137. The van der Waals surface area contributed by atoms with Crippen molar-refractivity contribution in [1.29, 1.82) is 0 Å². The molecular weight excluding hydrogens is 482 g/mol. The standard InChI is InChI=1S/C31H29NO6/c1-36-28-17-14-22(19-29(28)37-2)20-38-24-15-12-21(13-16-24)18-27(31(34)35)32-26-11-7-6-10-25(26)30(33)23-8-4-3-5-9-23/h3-17,19,27,32H,18,20H2,1-2H3,(H,34,35)/t27-/m0/s1. The Kier molecular flexibility index (Phi) is 8.61. The van der Waals surface area contributed by atoms with Crippen LogP contribution in [0.1, 0.15) is 27.0 Å². The van der Waals surface area contributed by atoms with E-state index in [1.54, 1.807) is 62.8 Å². The molecule has 4 aromatic rings. The molecule has 0 aliphatic heterocycles. The maximum atomic E-state index is 13.0. The number of ether oxygens (including phenoxy) is 3. The number of ketones is 1. The summed E-state index contributed by atoms with van der Waals surface area (Å²) in [7, 11) is 3.17. The lowest BCUT2D eigenvalue weighted by Crippen LogP contribution is -2.32.